The number of pyridine rings is 1. The van der Waals surface area contributed by atoms with Crippen LogP contribution in [-0.2, 0) is 17.6 Å². The number of nitriles is 1. The highest BCUT2D eigenvalue weighted by Gasteiger charge is 2.51. The molecule has 2 saturated carbocycles. The van der Waals surface area contributed by atoms with Crippen molar-refractivity contribution in [2.75, 3.05) is 13.1 Å². The zero-order valence-corrected chi connectivity index (χ0v) is 29.6. The van der Waals surface area contributed by atoms with E-state index in [9.17, 15) is 10.1 Å². The van der Waals surface area contributed by atoms with Crippen molar-refractivity contribution in [1.29, 1.82) is 5.26 Å². The summed E-state index contributed by atoms with van der Waals surface area (Å²) in [5.74, 6) is 0.274. The van der Waals surface area contributed by atoms with Crippen molar-refractivity contribution in [1.82, 2.24) is 29.5 Å². The van der Waals surface area contributed by atoms with Gasteiger partial charge in [0.15, 0.2) is 5.82 Å². The van der Waals surface area contributed by atoms with E-state index in [-0.39, 0.29) is 46.9 Å². The Balaban J connectivity index is 1.29. The maximum Gasteiger partial charge on any atom is 0.226 e. The molecule has 5 unspecified atom stereocenters. The summed E-state index contributed by atoms with van der Waals surface area (Å²) < 4.78 is 21.7. The molecule has 11 heteroatoms. The van der Waals surface area contributed by atoms with Gasteiger partial charge >= 0.3 is 0 Å². The number of fused-ring (bicyclic) bond motifs is 4. The average Bonchev–Trinajstić information content (AvgIpc) is 3.60. The van der Waals surface area contributed by atoms with Crippen LogP contribution in [0.3, 0.4) is 0 Å². The Bertz CT molecular complexity index is 2240. The Morgan fingerprint density at radius 2 is 2.02 bits per heavy atom. The Morgan fingerprint density at radius 3 is 2.72 bits per heavy atom. The molecule has 2 aromatic carbocycles. The van der Waals surface area contributed by atoms with E-state index in [1.165, 1.54) is 5.56 Å². The Morgan fingerprint density at radius 1 is 1.18 bits per heavy atom. The van der Waals surface area contributed by atoms with Gasteiger partial charge in [0.05, 0.1) is 46.0 Å². The fourth-order valence-electron chi connectivity index (χ4n) is 8.95. The molecule has 0 spiro atoms. The summed E-state index contributed by atoms with van der Waals surface area (Å²) in [6.07, 6.45) is 9.24. The van der Waals surface area contributed by atoms with Crippen LogP contribution in [0.25, 0.3) is 32.9 Å². The smallest absolute Gasteiger partial charge is 0.226 e. The zero-order chi connectivity index (χ0) is 34.4. The molecule has 8 nitrogen and oxygen atoms in total. The highest BCUT2D eigenvalue weighted by atomic mass is 35.5. The minimum absolute atomic E-state index is 0.0571. The van der Waals surface area contributed by atoms with Crippen molar-refractivity contribution in [2.45, 2.75) is 83.0 Å². The van der Waals surface area contributed by atoms with Gasteiger partial charge in [0, 0.05) is 71.0 Å². The average molecular weight is 711 g/mol. The third-order valence-corrected chi connectivity index (χ3v) is 12.5. The molecular formula is C39H38Cl2FN7O. The molecule has 1 amide bonds. The number of aryl methyl sites for hydroxylation is 3. The fourth-order valence-corrected chi connectivity index (χ4v) is 9.35. The second-order valence-electron chi connectivity index (χ2n) is 14.6. The Kier molecular flexibility index (Phi) is 7.72. The van der Waals surface area contributed by atoms with Gasteiger partial charge in [0.25, 0.3) is 0 Å². The molecule has 1 N–H and O–H groups in total. The maximum absolute atomic E-state index is 17.2. The molecule has 256 valence electrons. The van der Waals surface area contributed by atoms with E-state index in [0.29, 0.717) is 52.0 Å². The van der Waals surface area contributed by atoms with Crippen LogP contribution >= 0.6 is 23.2 Å². The van der Waals surface area contributed by atoms with Crippen molar-refractivity contribution < 1.29 is 9.18 Å². The second kappa shape index (κ2) is 12.1. The standard InChI is InChI=1S/C39H38Cl2FN7O/c1-3-21-16-45-48(18-21)25-14-31(47(19-25)39(50)22-9-10-22)32-15-27-20(2)46-36-28(38(27)49(32)37-24-13-30(37)44-17-24)12-23(6-5-11-43)33(35(36)42)26-7-4-8-29(40)34(26)41/h4,7-8,12,15-16,18,22,24-25,30-31,37,44H,3,5-6,9-10,13-14,17,19H2,1-2H3. The van der Waals surface area contributed by atoms with Gasteiger partial charge in [-0.25, -0.2) is 9.37 Å². The van der Waals surface area contributed by atoms with Gasteiger partial charge in [-0.3, -0.25) is 9.48 Å². The Labute approximate surface area is 300 Å². The molecule has 5 aromatic rings. The molecule has 2 bridgehead atoms. The molecule has 3 aliphatic heterocycles. The lowest BCUT2D eigenvalue weighted by molar-refractivity contribution is -0.133. The summed E-state index contributed by atoms with van der Waals surface area (Å²) in [6, 6.07) is 12.1. The number of rotatable bonds is 8. The van der Waals surface area contributed by atoms with Crippen LogP contribution < -0.4 is 5.32 Å². The lowest BCUT2D eigenvalue weighted by Gasteiger charge is -2.39. The van der Waals surface area contributed by atoms with Crippen LogP contribution in [0.5, 0.6) is 0 Å². The van der Waals surface area contributed by atoms with Crippen LogP contribution in [0.1, 0.15) is 79.7 Å². The highest BCUT2D eigenvalue weighted by Crippen LogP contribution is 2.52. The van der Waals surface area contributed by atoms with Gasteiger partial charge in [-0.05, 0) is 80.7 Å². The van der Waals surface area contributed by atoms with E-state index in [1.54, 1.807) is 18.2 Å². The summed E-state index contributed by atoms with van der Waals surface area (Å²) in [5, 5.41) is 20.3. The molecule has 6 heterocycles. The summed E-state index contributed by atoms with van der Waals surface area (Å²) in [5.41, 5.74) is 5.72. The number of nitrogens with zero attached hydrogens (tertiary/aromatic N) is 6. The summed E-state index contributed by atoms with van der Waals surface area (Å²) in [4.78, 5) is 21.0. The van der Waals surface area contributed by atoms with Gasteiger partial charge in [-0.1, -0.05) is 42.3 Å². The van der Waals surface area contributed by atoms with Gasteiger partial charge in [0.1, 0.15) is 5.52 Å². The SMILES string of the molecule is CCc1cnn(C2CC(c3cc4c(C)nc5c(F)c(-c6cccc(Cl)c6Cl)c(CCC#N)cc5c4n3C3C4CNC3C4)N(C(=O)C3CC3)C2)c1. The van der Waals surface area contributed by atoms with Crippen molar-refractivity contribution >= 4 is 50.9 Å². The predicted molar refractivity (Wildman–Crippen MR) is 193 cm³/mol. The topological polar surface area (TPSA) is 91.8 Å². The number of aromatic nitrogens is 4. The minimum Gasteiger partial charge on any atom is -0.337 e. The van der Waals surface area contributed by atoms with Gasteiger partial charge in [-0.15, -0.1) is 0 Å². The largest absolute Gasteiger partial charge is 0.337 e. The number of amides is 1. The lowest BCUT2D eigenvalue weighted by Crippen LogP contribution is -2.41. The monoisotopic (exact) mass is 709 g/mol. The van der Waals surface area contributed by atoms with Gasteiger partial charge in [-0.2, -0.15) is 10.4 Å². The minimum atomic E-state index is -0.467. The van der Waals surface area contributed by atoms with Crippen molar-refractivity contribution in [2.24, 2.45) is 11.8 Å². The number of benzene rings is 2. The molecule has 5 atom stereocenters. The van der Waals surface area contributed by atoms with Crippen molar-refractivity contribution in [3.8, 4) is 17.2 Å². The number of hydrogen-bond donors (Lipinski definition) is 1. The number of hydrogen-bond acceptors (Lipinski definition) is 5. The first-order valence-corrected chi connectivity index (χ1v) is 18.6. The van der Waals surface area contributed by atoms with Crippen LogP contribution in [0.2, 0.25) is 10.0 Å². The second-order valence-corrected chi connectivity index (χ2v) is 15.4. The molecule has 3 aromatic heterocycles. The third kappa shape index (κ3) is 4.90. The van der Waals surface area contributed by atoms with E-state index in [1.807, 2.05) is 19.2 Å². The lowest BCUT2D eigenvalue weighted by atomic mass is 9.79. The van der Waals surface area contributed by atoms with Gasteiger partial charge in [0.2, 0.25) is 5.91 Å². The highest BCUT2D eigenvalue weighted by molar-refractivity contribution is 6.43. The number of carbonyl (C=O) groups is 1. The summed E-state index contributed by atoms with van der Waals surface area (Å²) in [6.45, 7) is 5.61. The first-order chi connectivity index (χ1) is 24.3. The van der Waals surface area contributed by atoms with Crippen molar-refractivity contribution in [3.05, 3.63) is 81.1 Å². The number of likely N-dealkylation sites (tertiary alicyclic amines) is 1. The molecule has 50 heavy (non-hydrogen) atoms. The summed E-state index contributed by atoms with van der Waals surface area (Å²) >= 11 is 13.1. The van der Waals surface area contributed by atoms with Gasteiger partial charge < -0.3 is 14.8 Å². The first kappa shape index (κ1) is 32.0. The molecule has 10 rings (SSSR count). The van der Waals surface area contributed by atoms with Crippen LogP contribution in [-0.4, -0.2) is 49.3 Å². The van der Waals surface area contributed by atoms with E-state index < -0.39 is 5.82 Å². The predicted octanol–water partition coefficient (Wildman–Crippen LogP) is 8.28. The molecule has 2 aliphatic carbocycles. The van der Waals surface area contributed by atoms with E-state index in [4.69, 9.17) is 33.3 Å². The Hall–Kier alpha value is -3.97. The normalized spacial score (nSPS) is 24.3. The fraction of sp³-hybridized carbons (Fsp3) is 0.436. The number of nitrogens with one attached hydrogen (secondary N) is 1. The molecule has 3 saturated heterocycles. The first-order valence-electron chi connectivity index (χ1n) is 17.8. The van der Waals surface area contributed by atoms with Crippen LogP contribution in [0.4, 0.5) is 4.39 Å². The molecule has 5 aliphatic rings. The molecular weight excluding hydrogens is 672 g/mol. The van der Waals surface area contributed by atoms with E-state index in [0.717, 1.165) is 60.9 Å². The van der Waals surface area contributed by atoms with E-state index >= 15 is 4.39 Å². The number of halogens is 3. The van der Waals surface area contributed by atoms with Crippen molar-refractivity contribution in [3.63, 3.8) is 0 Å². The zero-order valence-electron chi connectivity index (χ0n) is 28.1. The number of carbonyl (C=O) groups excluding carboxylic acids is 1. The maximum atomic E-state index is 17.2. The molecule has 0 radical (unpaired) electrons. The summed E-state index contributed by atoms with van der Waals surface area (Å²) in [7, 11) is 0. The van der Waals surface area contributed by atoms with Crippen LogP contribution in [0.15, 0.2) is 42.7 Å². The van der Waals surface area contributed by atoms with Crippen LogP contribution in [0, 0.1) is 35.9 Å². The quantitative estimate of drug-likeness (QED) is 0.175. The molecule has 5 fully saturated rings. The van der Waals surface area contributed by atoms with E-state index in [2.05, 4.69) is 44.7 Å². The third-order valence-electron chi connectivity index (χ3n) is 11.7.